The first-order chi connectivity index (χ1) is 43.6. The Morgan fingerprint density at radius 2 is 0.716 bits per heavy atom. The van der Waals surface area contributed by atoms with Crippen molar-refractivity contribution >= 4 is 139 Å². The number of rotatable bonds is 9. The van der Waals surface area contributed by atoms with Crippen molar-refractivity contribution in [1.29, 1.82) is 0 Å². The Balaban J connectivity index is 0.881. The zero-order valence-corrected chi connectivity index (χ0v) is 48.2. The molecule has 0 radical (unpaired) electrons. The lowest BCUT2D eigenvalue weighted by molar-refractivity contribution is 0.488. The van der Waals surface area contributed by atoms with E-state index in [2.05, 4.69) is 340 Å². The summed E-state index contributed by atoms with van der Waals surface area (Å²) in [5.74, 6) is 1.74. The molecule has 0 unspecified atom stereocenters. The molecular formula is C81H54BN5O. The second-order valence-electron chi connectivity index (χ2n) is 23.3. The highest BCUT2D eigenvalue weighted by molar-refractivity contribution is 6.99. The largest absolute Gasteiger partial charge is 0.458 e. The third-order valence-corrected chi connectivity index (χ3v) is 18.3. The van der Waals surface area contributed by atoms with E-state index < -0.39 is 0 Å². The van der Waals surface area contributed by atoms with Gasteiger partial charge in [-0.25, -0.2) is 0 Å². The number of benzene rings is 14. The molecule has 16 aromatic rings. The summed E-state index contributed by atoms with van der Waals surface area (Å²) in [6.45, 7) is 2.04. The minimum atomic E-state index is -0.185. The molecule has 2 aliphatic heterocycles. The van der Waals surface area contributed by atoms with E-state index in [4.69, 9.17) is 4.74 Å². The van der Waals surface area contributed by atoms with Crippen LogP contribution in [0.2, 0.25) is 0 Å². The maximum atomic E-state index is 7.34. The van der Waals surface area contributed by atoms with Crippen molar-refractivity contribution in [2.24, 2.45) is 0 Å². The molecule has 0 bridgehead atoms. The fourth-order valence-electron chi connectivity index (χ4n) is 14.4. The average Bonchev–Trinajstić information content (AvgIpc) is 1.06. The molecule has 88 heavy (non-hydrogen) atoms. The van der Waals surface area contributed by atoms with E-state index in [0.717, 1.165) is 123 Å². The summed E-state index contributed by atoms with van der Waals surface area (Å²) in [4.78, 5) is 7.19. The molecular weight excluding hydrogens is 1070 g/mol. The Labute approximate surface area is 509 Å². The molecule has 7 heteroatoms. The first kappa shape index (κ1) is 49.8. The van der Waals surface area contributed by atoms with Gasteiger partial charge in [-0.3, -0.25) is 0 Å². The van der Waals surface area contributed by atoms with E-state index in [1.54, 1.807) is 0 Å². The second-order valence-corrected chi connectivity index (χ2v) is 23.3. The lowest BCUT2D eigenvalue weighted by atomic mass is 9.34. The summed E-state index contributed by atoms with van der Waals surface area (Å²) in [7, 11) is 0. The van der Waals surface area contributed by atoms with Gasteiger partial charge in [-0.2, -0.15) is 0 Å². The minimum Gasteiger partial charge on any atom is -0.458 e. The van der Waals surface area contributed by atoms with Crippen LogP contribution in [0.5, 0.6) is 11.5 Å². The van der Waals surface area contributed by atoms with Crippen LogP contribution in [0.25, 0.3) is 76.5 Å². The average molecular weight is 1120 g/mol. The molecule has 2 aromatic heterocycles. The van der Waals surface area contributed by atoms with Gasteiger partial charge in [-0.1, -0.05) is 146 Å². The van der Waals surface area contributed by atoms with Gasteiger partial charge in [0.2, 0.25) is 0 Å². The fourth-order valence-corrected chi connectivity index (χ4v) is 14.4. The SMILES string of the molecule is Cc1ccccc1N1c2cc3c4cc5ccc(N(c6ccccc6)c6ccccc6)cc5cc4n(-c4ccccc4)c3cc2B2c3cc4c(cc3Oc3cccc1c32)c1cc2ccc(N(c3ccccc3)c3ccccc3)cc2cc1n4-c1ccccc1. The van der Waals surface area contributed by atoms with Crippen LogP contribution in [0, 0.1) is 6.92 Å². The van der Waals surface area contributed by atoms with Gasteiger partial charge < -0.3 is 28.6 Å². The summed E-state index contributed by atoms with van der Waals surface area (Å²) in [6.07, 6.45) is 0. The van der Waals surface area contributed by atoms with Crippen molar-refractivity contribution in [3.05, 3.63) is 315 Å². The summed E-state index contributed by atoms with van der Waals surface area (Å²) in [6, 6.07) is 113. The van der Waals surface area contributed by atoms with E-state index in [9.17, 15) is 0 Å². The molecule has 0 aliphatic carbocycles. The zero-order chi connectivity index (χ0) is 58.0. The van der Waals surface area contributed by atoms with Crippen molar-refractivity contribution in [2.75, 3.05) is 14.7 Å². The van der Waals surface area contributed by atoms with E-state index in [0.29, 0.717) is 0 Å². The number of anilines is 9. The molecule has 0 amide bonds. The summed E-state index contributed by atoms with van der Waals surface area (Å²) >= 11 is 0. The predicted molar refractivity (Wildman–Crippen MR) is 370 cm³/mol. The van der Waals surface area contributed by atoms with Crippen LogP contribution in [-0.4, -0.2) is 15.8 Å². The number of aromatic nitrogens is 2. The molecule has 0 saturated carbocycles. The second kappa shape index (κ2) is 19.8. The third kappa shape index (κ3) is 7.77. The first-order valence-electron chi connectivity index (χ1n) is 30.3. The normalized spacial score (nSPS) is 12.4. The first-order valence-corrected chi connectivity index (χ1v) is 30.3. The van der Waals surface area contributed by atoms with Crippen LogP contribution >= 0.6 is 0 Å². The number of nitrogens with zero attached hydrogens (tertiary/aromatic N) is 5. The third-order valence-electron chi connectivity index (χ3n) is 18.3. The lowest BCUT2D eigenvalue weighted by Crippen LogP contribution is -2.59. The van der Waals surface area contributed by atoms with Crippen LogP contribution in [0.3, 0.4) is 0 Å². The van der Waals surface area contributed by atoms with Gasteiger partial charge >= 0.3 is 0 Å². The minimum absolute atomic E-state index is 0.185. The van der Waals surface area contributed by atoms with E-state index in [1.807, 2.05) is 0 Å². The molecule has 6 nitrogen and oxygen atoms in total. The fraction of sp³-hybridized carbons (Fsp3) is 0.0123. The Morgan fingerprint density at radius 1 is 0.295 bits per heavy atom. The van der Waals surface area contributed by atoms with Gasteiger partial charge in [0, 0.05) is 84.1 Å². The molecule has 0 atom stereocenters. The Bertz CT molecular complexity index is 5360. The molecule has 2 aliphatic rings. The number of para-hydroxylation sites is 7. The quantitative estimate of drug-likeness (QED) is 0.135. The van der Waals surface area contributed by atoms with Crippen LogP contribution in [0.4, 0.5) is 51.2 Å². The molecule has 4 heterocycles. The van der Waals surface area contributed by atoms with Crippen LogP contribution in [0.1, 0.15) is 5.56 Å². The molecule has 14 aromatic carbocycles. The standard InChI is InChI=1S/C81H54BN5O/c1-53-23-20-21-36-72(53)87-73-37-22-38-79-81(73)82(70-51-76-68(49-78(70)87)66-45-54-39-41-64(43-56(54)47-74(66)85(76)62-32-16-6-17-33-62)83(58-24-8-2-9-25-58)59-26-10-3-11-27-59)71-52-77-69(50-80(71)88-79)67-46-55-40-42-65(44-57(55)48-75(67)86(77)63-34-18-7-19-35-63)84(60-28-12-4-13-29-60)61-30-14-5-15-31-61/h2-52H,1H3. The van der Waals surface area contributed by atoms with Crippen LogP contribution in [0.15, 0.2) is 309 Å². The van der Waals surface area contributed by atoms with Crippen molar-refractivity contribution in [3.8, 4) is 22.9 Å². The van der Waals surface area contributed by atoms with Crippen molar-refractivity contribution in [3.63, 3.8) is 0 Å². The molecule has 18 rings (SSSR count). The summed E-state index contributed by atoms with van der Waals surface area (Å²) < 4.78 is 12.3. The van der Waals surface area contributed by atoms with Crippen molar-refractivity contribution in [2.45, 2.75) is 6.92 Å². The highest BCUT2D eigenvalue weighted by Crippen LogP contribution is 2.48. The van der Waals surface area contributed by atoms with Crippen LogP contribution in [-0.2, 0) is 0 Å². The highest BCUT2D eigenvalue weighted by Gasteiger charge is 2.43. The summed E-state index contributed by atoms with van der Waals surface area (Å²) in [5, 5.41) is 9.37. The predicted octanol–water partition coefficient (Wildman–Crippen LogP) is 19.8. The Morgan fingerprint density at radius 3 is 1.22 bits per heavy atom. The molecule has 0 fully saturated rings. The monoisotopic (exact) mass is 1120 g/mol. The van der Waals surface area contributed by atoms with Crippen molar-refractivity contribution < 1.29 is 4.74 Å². The zero-order valence-electron chi connectivity index (χ0n) is 48.2. The number of ether oxygens (including phenoxy) is 1. The molecule has 412 valence electrons. The Hall–Kier alpha value is -11.5. The van der Waals surface area contributed by atoms with E-state index >= 15 is 0 Å². The molecule has 0 spiro atoms. The molecule has 0 saturated heterocycles. The summed E-state index contributed by atoms with van der Waals surface area (Å²) in [5.41, 5.74) is 21.5. The maximum Gasteiger partial charge on any atom is 0.256 e. The van der Waals surface area contributed by atoms with Gasteiger partial charge in [0.05, 0.1) is 22.1 Å². The highest BCUT2D eigenvalue weighted by atomic mass is 16.5. The van der Waals surface area contributed by atoms with E-state index in [-0.39, 0.29) is 6.71 Å². The molecule has 0 N–H and O–H groups in total. The smallest absolute Gasteiger partial charge is 0.256 e. The van der Waals surface area contributed by atoms with Gasteiger partial charge in [-0.05, 0) is 214 Å². The number of hydrogen-bond acceptors (Lipinski definition) is 4. The maximum absolute atomic E-state index is 7.34. The Kier molecular flexibility index (Phi) is 11.2. The van der Waals surface area contributed by atoms with E-state index in [1.165, 1.54) is 38.0 Å². The van der Waals surface area contributed by atoms with Crippen molar-refractivity contribution in [1.82, 2.24) is 9.13 Å². The number of hydrogen-bond donors (Lipinski definition) is 0. The number of aryl methyl sites for hydroxylation is 1. The van der Waals surface area contributed by atoms with Gasteiger partial charge in [0.1, 0.15) is 11.5 Å². The van der Waals surface area contributed by atoms with Crippen LogP contribution < -0.4 is 35.8 Å². The van der Waals surface area contributed by atoms with Gasteiger partial charge in [0.25, 0.3) is 6.71 Å². The van der Waals surface area contributed by atoms with Gasteiger partial charge in [0.15, 0.2) is 0 Å². The van der Waals surface area contributed by atoms with Gasteiger partial charge in [-0.15, -0.1) is 0 Å². The topological polar surface area (TPSA) is 28.8 Å². The number of fused-ring (bicyclic) bond motifs is 12. The lowest BCUT2D eigenvalue weighted by Gasteiger charge is -2.40.